The summed E-state index contributed by atoms with van der Waals surface area (Å²) in [7, 11) is 0. The molecule has 2 heterocycles. The second-order valence-electron chi connectivity index (χ2n) is 6.60. The van der Waals surface area contributed by atoms with Crippen molar-refractivity contribution in [2.45, 2.75) is 26.3 Å². The van der Waals surface area contributed by atoms with Gasteiger partial charge in [0, 0.05) is 43.3 Å². The number of pyridine rings is 1. The zero-order valence-corrected chi connectivity index (χ0v) is 14.8. The molecule has 0 unspecified atom stereocenters. The third kappa shape index (κ3) is 4.02. The number of anilines is 1. The van der Waals surface area contributed by atoms with Crippen LogP contribution in [0.5, 0.6) is 0 Å². The third-order valence-corrected chi connectivity index (χ3v) is 4.90. The van der Waals surface area contributed by atoms with Crippen molar-refractivity contribution in [1.82, 2.24) is 9.88 Å². The lowest BCUT2D eigenvalue weighted by atomic mass is 9.96. The summed E-state index contributed by atoms with van der Waals surface area (Å²) >= 11 is 0. The predicted octanol–water partition coefficient (Wildman–Crippen LogP) is 2.94. The van der Waals surface area contributed by atoms with Gasteiger partial charge in [0.2, 0.25) is 0 Å². The first-order valence-corrected chi connectivity index (χ1v) is 8.80. The Balaban J connectivity index is 1.68. The average Bonchev–Trinajstić information content (AvgIpc) is 2.67. The summed E-state index contributed by atoms with van der Waals surface area (Å²) in [6.07, 6.45) is 4.57. The number of hydrogen-bond acceptors (Lipinski definition) is 4. The number of carboxylic acid groups (broad SMARTS) is 1. The lowest BCUT2D eigenvalue weighted by molar-refractivity contribution is -0.143. The van der Waals surface area contributed by atoms with Gasteiger partial charge in [-0.25, -0.2) is 0 Å². The van der Waals surface area contributed by atoms with Crippen LogP contribution in [-0.2, 0) is 11.3 Å². The molecule has 1 aromatic heterocycles. The van der Waals surface area contributed by atoms with Gasteiger partial charge in [0.25, 0.3) is 5.91 Å². The van der Waals surface area contributed by atoms with Crippen LogP contribution >= 0.6 is 0 Å². The molecule has 26 heavy (non-hydrogen) atoms. The Morgan fingerprint density at radius 2 is 2.00 bits per heavy atom. The molecule has 1 aromatic carbocycles. The maximum absolute atomic E-state index is 12.9. The summed E-state index contributed by atoms with van der Waals surface area (Å²) in [5.74, 6) is -1.14. The number of carbonyl (C=O) groups is 2. The second kappa shape index (κ2) is 7.99. The average molecular weight is 353 g/mol. The molecule has 2 N–H and O–H groups in total. The zero-order chi connectivity index (χ0) is 18.5. The van der Waals surface area contributed by atoms with Gasteiger partial charge in [-0.15, -0.1) is 0 Å². The zero-order valence-electron chi connectivity index (χ0n) is 14.8. The summed E-state index contributed by atoms with van der Waals surface area (Å²) in [6, 6.07) is 9.55. The number of nitrogens with zero attached hydrogens (tertiary/aromatic N) is 2. The number of likely N-dealkylation sites (tertiary alicyclic amines) is 1. The first-order valence-electron chi connectivity index (χ1n) is 8.80. The maximum Gasteiger partial charge on any atom is 0.306 e. The fourth-order valence-electron chi connectivity index (χ4n) is 3.26. The van der Waals surface area contributed by atoms with E-state index in [1.165, 1.54) is 0 Å². The Kier molecular flexibility index (Phi) is 5.51. The quantitative estimate of drug-likeness (QED) is 0.864. The van der Waals surface area contributed by atoms with E-state index in [1.54, 1.807) is 11.1 Å². The highest BCUT2D eigenvalue weighted by Crippen LogP contribution is 2.24. The van der Waals surface area contributed by atoms with Crippen LogP contribution in [0.3, 0.4) is 0 Å². The molecule has 1 amide bonds. The van der Waals surface area contributed by atoms with Crippen LogP contribution in [0.2, 0.25) is 0 Å². The summed E-state index contributed by atoms with van der Waals surface area (Å²) in [6.45, 7) is 3.55. The van der Waals surface area contributed by atoms with E-state index in [0.717, 1.165) is 16.8 Å². The molecule has 136 valence electrons. The van der Waals surface area contributed by atoms with Gasteiger partial charge < -0.3 is 15.3 Å². The molecular weight excluding hydrogens is 330 g/mol. The van der Waals surface area contributed by atoms with Gasteiger partial charge in [-0.1, -0.05) is 12.1 Å². The monoisotopic (exact) mass is 353 g/mol. The van der Waals surface area contributed by atoms with Crippen LogP contribution < -0.4 is 5.32 Å². The number of aliphatic carboxylic acids is 1. The standard InChI is InChI=1S/C20H23N3O3/c1-14-17(19(24)23-10-7-16(8-11-23)20(25)26)5-2-6-18(14)22-13-15-4-3-9-21-12-15/h2-6,9,12,16,22H,7-8,10-11,13H2,1H3,(H,25,26). The molecule has 1 saturated heterocycles. The SMILES string of the molecule is Cc1c(NCc2cccnc2)cccc1C(=O)N1CCC(C(=O)O)CC1. The largest absolute Gasteiger partial charge is 0.481 e. The van der Waals surface area contributed by atoms with Crippen molar-refractivity contribution in [2.75, 3.05) is 18.4 Å². The van der Waals surface area contributed by atoms with Crippen molar-refractivity contribution in [3.8, 4) is 0 Å². The topological polar surface area (TPSA) is 82.5 Å². The van der Waals surface area contributed by atoms with Crippen molar-refractivity contribution in [2.24, 2.45) is 5.92 Å². The van der Waals surface area contributed by atoms with Crippen molar-refractivity contribution in [3.63, 3.8) is 0 Å². The molecule has 0 aliphatic carbocycles. The van der Waals surface area contributed by atoms with Crippen LogP contribution in [-0.4, -0.2) is 40.0 Å². The van der Waals surface area contributed by atoms with E-state index in [9.17, 15) is 9.59 Å². The molecule has 6 nitrogen and oxygen atoms in total. The smallest absolute Gasteiger partial charge is 0.306 e. The van der Waals surface area contributed by atoms with E-state index in [-0.39, 0.29) is 11.8 Å². The number of amides is 1. The van der Waals surface area contributed by atoms with Gasteiger partial charge >= 0.3 is 5.97 Å². The fraction of sp³-hybridized carbons (Fsp3) is 0.350. The third-order valence-electron chi connectivity index (χ3n) is 4.90. The lowest BCUT2D eigenvalue weighted by Crippen LogP contribution is -2.40. The molecule has 0 spiro atoms. The summed E-state index contributed by atoms with van der Waals surface area (Å²) in [5, 5.41) is 12.5. The Hall–Kier alpha value is -2.89. The predicted molar refractivity (Wildman–Crippen MR) is 99.0 cm³/mol. The van der Waals surface area contributed by atoms with Gasteiger partial charge in [0.1, 0.15) is 0 Å². The van der Waals surface area contributed by atoms with Crippen molar-refractivity contribution in [3.05, 3.63) is 59.4 Å². The van der Waals surface area contributed by atoms with Crippen LogP contribution in [0.1, 0.15) is 34.3 Å². The number of rotatable bonds is 5. The number of aromatic nitrogens is 1. The van der Waals surface area contributed by atoms with E-state index in [1.807, 2.05) is 43.5 Å². The van der Waals surface area contributed by atoms with Gasteiger partial charge in [-0.3, -0.25) is 14.6 Å². The molecule has 2 aromatic rings. The minimum atomic E-state index is -0.769. The van der Waals surface area contributed by atoms with E-state index in [0.29, 0.717) is 38.0 Å². The molecule has 0 atom stereocenters. The fourth-order valence-corrected chi connectivity index (χ4v) is 3.26. The summed E-state index contributed by atoms with van der Waals surface area (Å²) in [4.78, 5) is 29.8. The first-order chi connectivity index (χ1) is 12.6. The van der Waals surface area contributed by atoms with Crippen LogP contribution in [0.4, 0.5) is 5.69 Å². The van der Waals surface area contributed by atoms with E-state index in [4.69, 9.17) is 5.11 Å². The van der Waals surface area contributed by atoms with Crippen LogP contribution in [0, 0.1) is 12.8 Å². The van der Waals surface area contributed by atoms with Gasteiger partial charge in [0.15, 0.2) is 0 Å². The Morgan fingerprint density at radius 3 is 2.65 bits per heavy atom. The molecule has 1 aliphatic rings. The Bertz CT molecular complexity index is 784. The number of benzene rings is 1. The molecule has 1 fully saturated rings. The highest BCUT2D eigenvalue weighted by Gasteiger charge is 2.28. The van der Waals surface area contributed by atoms with E-state index < -0.39 is 5.97 Å². The van der Waals surface area contributed by atoms with Crippen molar-refractivity contribution >= 4 is 17.6 Å². The number of nitrogens with one attached hydrogen (secondary N) is 1. The van der Waals surface area contributed by atoms with Gasteiger partial charge in [0.05, 0.1) is 5.92 Å². The molecule has 1 aliphatic heterocycles. The highest BCUT2D eigenvalue weighted by molar-refractivity contribution is 5.97. The molecule has 0 radical (unpaired) electrons. The minimum absolute atomic E-state index is 0.0311. The number of hydrogen-bond donors (Lipinski definition) is 2. The molecule has 0 saturated carbocycles. The number of carboxylic acids is 1. The van der Waals surface area contributed by atoms with E-state index >= 15 is 0 Å². The molecular formula is C20H23N3O3. The van der Waals surface area contributed by atoms with Gasteiger partial charge in [-0.05, 0) is 49.1 Å². The highest BCUT2D eigenvalue weighted by atomic mass is 16.4. The minimum Gasteiger partial charge on any atom is -0.481 e. The number of piperidine rings is 1. The molecule has 0 bridgehead atoms. The Morgan fingerprint density at radius 1 is 1.23 bits per heavy atom. The maximum atomic E-state index is 12.9. The normalized spacial score (nSPS) is 14.9. The molecule has 3 rings (SSSR count). The second-order valence-corrected chi connectivity index (χ2v) is 6.60. The van der Waals surface area contributed by atoms with Crippen molar-refractivity contribution in [1.29, 1.82) is 0 Å². The lowest BCUT2D eigenvalue weighted by Gasteiger charge is -2.30. The summed E-state index contributed by atoms with van der Waals surface area (Å²) in [5.41, 5.74) is 3.55. The first kappa shape index (κ1) is 17.9. The molecule has 6 heteroatoms. The van der Waals surface area contributed by atoms with Crippen LogP contribution in [0.15, 0.2) is 42.7 Å². The van der Waals surface area contributed by atoms with Crippen LogP contribution in [0.25, 0.3) is 0 Å². The van der Waals surface area contributed by atoms with E-state index in [2.05, 4.69) is 10.3 Å². The summed E-state index contributed by atoms with van der Waals surface area (Å²) < 4.78 is 0. The van der Waals surface area contributed by atoms with Crippen molar-refractivity contribution < 1.29 is 14.7 Å². The Labute approximate surface area is 152 Å². The number of carbonyl (C=O) groups excluding carboxylic acids is 1. The van der Waals surface area contributed by atoms with Gasteiger partial charge in [-0.2, -0.15) is 0 Å².